The molecule has 0 aromatic heterocycles. The Hall–Kier alpha value is -1.59. The van der Waals surface area contributed by atoms with Crippen molar-refractivity contribution in [1.82, 2.24) is 5.32 Å². The summed E-state index contributed by atoms with van der Waals surface area (Å²) in [4.78, 5) is 25.9. The molecule has 2 N–H and O–H groups in total. The molecule has 0 spiro atoms. The maximum Gasteiger partial charge on any atom is 0.253 e. The van der Waals surface area contributed by atoms with Crippen molar-refractivity contribution in [1.29, 1.82) is 0 Å². The minimum absolute atomic E-state index is 0.0118. The Morgan fingerprint density at radius 3 is 2.91 bits per heavy atom. The Morgan fingerprint density at radius 2 is 2.27 bits per heavy atom. The SMILES string of the molecule is CCC(O)CCNC(=O)c1ccc(Cl)cc1N1CCCC1=O. The highest BCUT2D eigenvalue weighted by molar-refractivity contribution is 6.31. The molecule has 120 valence electrons. The second-order valence-corrected chi connectivity index (χ2v) is 5.85. The van der Waals surface area contributed by atoms with E-state index in [2.05, 4.69) is 5.32 Å². The largest absolute Gasteiger partial charge is 0.393 e. The van der Waals surface area contributed by atoms with Gasteiger partial charge < -0.3 is 15.3 Å². The number of benzene rings is 1. The quantitative estimate of drug-likeness (QED) is 0.844. The molecule has 1 unspecified atom stereocenters. The third-order valence-corrected chi connectivity index (χ3v) is 4.04. The molecule has 1 aliphatic rings. The highest BCUT2D eigenvalue weighted by atomic mass is 35.5. The fraction of sp³-hybridized carbons (Fsp3) is 0.500. The van der Waals surface area contributed by atoms with Crippen molar-refractivity contribution in [2.45, 2.75) is 38.7 Å². The number of carbonyl (C=O) groups is 2. The molecule has 2 rings (SSSR count). The van der Waals surface area contributed by atoms with E-state index in [1.54, 1.807) is 23.1 Å². The predicted molar refractivity (Wildman–Crippen MR) is 86.3 cm³/mol. The molecular weight excluding hydrogens is 304 g/mol. The average Bonchev–Trinajstić information content (AvgIpc) is 2.92. The van der Waals surface area contributed by atoms with Gasteiger partial charge in [0, 0.05) is 24.5 Å². The lowest BCUT2D eigenvalue weighted by Crippen LogP contribution is -2.31. The lowest BCUT2D eigenvalue weighted by Gasteiger charge is -2.20. The Bertz CT molecular complexity index is 562. The second-order valence-electron chi connectivity index (χ2n) is 5.42. The number of aliphatic hydroxyl groups excluding tert-OH is 1. The molecule has 0 aliphatic carbocycles. The first-order valence-electron chi connectivity index (χ1n) is 7.59. The lowest BCUT2D eigenvalue weighted by molar-refractivity contribution is -0.117. The molecule has 1 fully saturated rings. The molecule has 0 bridgehead atoms. The number of hydrogen-bond acceptors (Lipinski definition) is 3. The summed E-state index contributed by atoms with van der Waals surface area (Å²) in [5.41, 5.74) is 0.995. The molecular formula is C16H21ClN2O3. The number of carbonyl (C=O) groups excluding carboxylic acids is 2. The van der Waals surface area contributed by atoms with Gasteiger partial charge in [-0.15, -0.1) is 0 Å². The summed E-state index contributed by atoms with van der Waals surface area (Å²) >= 11 is 6.01. The summed E-state index contributed by atoms with van der Waals surface area (Å²) in [5, 5.41) is 12.8. The van der Waals surface area contributed by atoms with Crippen LogP contribution in [0.4, 0.5) is 5.69 Å². The van der Waals surface area contributed by atoms with Crippen LogP contribution in [0, 0.1) is 0 Å². The van der Waals surface area contributed by atoms with Crippen LogP contribution in [0.2, 0.25) is 5.02 Å². The number of anilines is 1. The van der Waals surface area contributed by atoms with Crippen LogP contribution in [0.5, 0.6) is 0 Å². The summed E-state index contributed by atoms with van der Waals surface area (Å²) in [6.45, 7) is 2.89. The zero-order valence-corrected chi connectivity index (χ0v) is 13.4. The highest BCUT2D eigenvalue weighted by Gasteiger charge is 2.26. The maximum absolute atomic E-state index is 12.3. The van der Waals surface area contributed by atoms with Gasteiger partial charge in [-0.2, -0.15) is 0 Å². The lowest BCUT2D eigenvalue weighted by atomic mass is 10.1. The minimum Gasteiger partial charge on any atom is -0.393 e. The molecule has 1 aromatic rings. The number of rotatable bonds is 6. The van der Waals surface area contributed by atoms with Crippen molar-refractivity contribution in [3.05, 3.63) is 28.8 Å². The molecule has 1 heterocycles. The van der Waals surface area contributed by atoms with Crippen LogP contribution in [0.1, 0.15) is 43.0 Å². The molecule has 0 radical (unpaired) electrons. The fourth-order valence-corrected chi connectivity index (χ4v) is 2.64. The Labute approximate surface area is 135 Å². The third kappa shape index (κ3) is 3.99. The molecule has 6 heteroatoms. The number of aliphatic hydroxyl groups is 1. The van der Waals surface area contributed by atoms with Crippen molar-refractivity contribution in [2.75, 3.05) is 18.0 Å². The van der Waals surface area contributed by atoms with Gasteiger partial charge in [0.05, 0.1) is 17.4 Å². The number of nitrogens with zero attached hydrogens (tertiary/aromatic N) is 1. The predicted octanol–water partition coefficient (Wildman–Crippen LogP) is 2.36. The molecule has 5 nitrogen and oxygen atoms in total. The van der Waals surface area contributed by atoms with Crippen LogP contribution < -0.4 is 10.2 Å². The Morgan fingerprint density at radius 1 is 1.50 bits per heavy atom. The van der Waals surface area contributed by atoms with Gasteiger partial charge in [-0.3, -0.25) is 9.59 Å². The number of halogens is 1. The third-order valence-electron chi connectivity index (χ3n) is 3.80. The van der Waals surface area contributed by atoms with E-state index in [4.69, 9.17) is 11.6 Å². The molecule has 22 heavy (non-hydrogen) atoms. The van der Waals surface area contributed by atoms with Crippen LogP contribution in [0.3, 0.4) is 0 Å². The molecule has 2 amide bonds. The van der Waals surface area contributed by atoms with Crippen molar-refractivity contribution in [3.8, 4) is 0 Å². The molecule has 1 aliphatic heterocycles. The summed E-state index contributed by atoms with van der Waals surface area (Å²) in [6, 6.07) is 4.93. The van der Waals surface area contributed by atoms with Gasteiger partial charge in [0.15, 0.2) is 0 Å². The first-order valence-corrected chi connectivity index (χ1v) is 7.97. The van der Waals surface area contributed by atoms with E-state index in [1.165, 1.54) is 0 Å². The molecule has 1 saturated heterocycles. The normalized spacial score (nSPS) is 16.0. The van der Waals surface area contributed by atoms with E-state index in [0.29, 0.717) is 48.6 Å². The van der Waals surface area contributed by atoms with Gasteiger partial charge in [0.1, 0.15) is 0 Å². The smallest absolute Gasteiger partial charge is 0.253 e. The van der Waals surface area contributed by atoms with Crippen LogP contribution in [0.25, 0.3) is 0 Å². The van der Waals surface area contributed by atoms with E-state index in [9.17, 15) is 14.7 Å². The first-order chi connectivity index (χ1) is 10.5. The zero-order valence-electron chi connectivity index (χ0n) is 12.6. The second kappa shape index (κ2) is 7.61. The van der Waals surface area contributed by atoms with E-state index in [1.807, 2.05) is 6.92 Å². The summed E-state index contributed by atoms with van der Waals surface area (Å²) in [7, 11) is 0. The molecule has 1 aromatic carbocycles. The minimum atomic E-state index is -0.412. The van der Waals surface area contributed by atoms with Gasteiger partial charge in [-0.25, -0.2) is 0 Å². The van der Waals surface area contributed by atoms with Gasteiger partial charge in [-0.1, -0.05) is 18.5 Å². The van der Waals surface area contributed by atoms with E-state index >= 15 is 0 Å². The van der Waals surface area contributed by atoms with Gasteiger partial charge in [0.25, 0.3) is 5.91 Å². The first kappa shape index (κ1) is 16.8. The molecule has 1 atom stereocenters. The van der Waals surface area contributed by atoms with Crippen LogP contribution in [-0.2, 0) is 4.79 Å². The Balaban J connectivity index is 2.12. The van der Waals surface area contributed by atoms with Crippen molar-refractivity contribution >= 4 is 29.1 Å². The van der Waals surface area contributed by atoms with E-state index < -0.39 is 6.10 Å². The zero-order chi connectivity index (χ0) is 16.1. The van der Waals surface area contributed by atoms with Crippen molar-refractivity contribution < 1.29 is 14.7 Å². The van der Waals surface area contributed by atoms with Crippen molar-refractivity contribution in [3.63, 3.8) is 0 Å². The summed E-state index contributed by atoms with van der Waals surface area (Å²) in [6.07, 6.45) is 2.04. The van der Waals surface area contributed by atoms with E-state index in [-0.39, 0.29) is 11.8 Å². The fourth-order valence-electron chi connectivity index (χ4n) is 2.47. The maximum atomic E-state index is 12.3. The van der Waals surface area contributed by atoms with Gasteiger partial charge >= 0.3 is 0 Å². The molecule has 0 saturated carbocycles. The number of nitrogens with one attached hydrogen (secondary N) is 1. The van der Waals surface area contributed by atoms with Crippen LogP contribution in [-0.4, -0.2) is 36.1 Å². The van der Waals surface area contributed by atoms with Crippen LogP contribution in [0.15, 0.2) is 18.2 Å². The van der Waals surface area contributed by atoms with E-state index in [0.717, 1.165) is 6.42 Å². The standard InChI is InChI=1S/C16H21ClN2O3/c1-2-12(20)7-8-18-16(22)13-6-5-11(17)10-14(13)19-9-3-4-15(19)21/h5-6,10,12,20H,2-4,7-9H2,1H3,(H,18,22). The number of hydrogen-bond donors (Lipinski definition) is 2. The van der Waals surface area contributed by atoms with Crippen LogP contribution >= 0.6 is 11.6 Å². The Kier molecular flexibility index (Phi) is 5.80. The van der Waals surface area contributed by atoms with Gasteiger partial charge in [0.2, 0.25) is 5.91 Å². The van der Waals surface area contributed by atoms with Gasteiger partial charge in [-0.05, 0) is 37.5 Å². The van der Waals surface area contributed by atoms with Crippen molar-refractivity contribution in [2.24, 2.45) is 0 Å². The summed E-state index contributed by atoms with van der Waals surface area (Å²) in [5.74, 6) is -0.243. The monoisotopic (exact) mass is 324 g/mol. The summed E-state index contributed by atoms with van der Waals surface area (Å²) < 4.78 is 0. The topological polar surface area (TPSA) is 69.6 Å². The highest BCUT2D eigenvalue weighted by Crippen LogP contribution is 2.28. The average molecular weight is 325 g/mol. The number of amides is 2.